The molecule has 2 aliphatic rings. The zero-order valence-electron chi connectivity index (χ0n) is 16.4. The molecule has 1 fully saturated rings. The van der Waals surface area contributed by atoms with Crippen molar-refractivity contribution in [2.45, 2.75) is 65.0 Å². The Bertz CT molecular complexity index is 741. The number of β-amino-alcohol motifs (C(OH)–C–C–N with tert-alkyl or cyclic N) is 1. The number of esters is 1. The number of cyclic esters (lactones) is 1. The average molecular weight is 376 g/mol. The number of nitrogens with zero attached hydrogens (tertiary/aromatic N) is 1. The van der Waals surface area contributed by atoms with Crippen LogP contribution in [0.15, 0.2) is 12.1 Å². The molecule has 2 heterocycles. The van der Waals surface area contributed by atoms with Crippen LogP contribution < -0.4 is 5.32 Å². The van der Waals surface area contributed by atoms with Gasteiger partial charge in [0, 0.05) is 24.7 Å². The number of benzene rings is 1. The minimum absolute atomic E-state index is 0.103. The predicted octanol–water partition coefficient (Wildman–Crippen LogP) is 2.13. The van der Waals surface area contributed by atoms with Gasteiger partial charge in [0.2, 0.25) is 0 Å². The van der Waals surface area contributed by atoms with E-state index in [-0.39, 0.29) is 24.6 Å². The number of likely N-dealkylation sites (tertiary alicyclic amines) is 1. The fraction of sp³-hybridized carbons (Fsp3) is 0.600. The minimum Gasteiger partial charge on any atom is -0.457 e. The van der Waals surface area contributed by atoms with E-state index in [1.807, 2.05) is 33.8 Å². The summed E-state index contributed by atoms with van der Waals surface area (Å²) in [6, 6.07) is 3.63. The van der Waals surface area contributed by atoms with Crippen LogP contribution in [0, 0.1) is 6.92 Å². The first-order valence-electron chi connectivity index (χ1n) is 9.33. The summed E-state index contributed by atoms with van der Waals surface area (Å²) in [6.45, 7) is 9.16. The number of carbonyl (C=O) groups excluding carboxylic acids is 2. The van der Waals surface area contributed by atoms with Gasteiger partial charge in [0.05, 0.1) is 18.2 Å². The number of ether oxygens (including phenoxy) is 2. The van der Waals surface area contributed by atoms with Crippen LogP contribution in [0.4, 0.5) is 4.79 Å². The van der Waals surface area contributed by atoms with E-state index in [2.05, 4.69) is 5.32 Å². The molecule has 1 aromatic carbocycles. The van der Waals surface area contributed by atoms with Crippen molar-refractivity contribution in [1.29, 1.82) is 0 Å². The van der Waals surface area contributed by atoms with Gasteiger partial charge >= 0.3 is 12.1 Å². The highest BCUT2D eigenvalue weighted by atomic mass is 16.6. The van der Waals surface area contributed by atoms with Crippen LogP contribution in [-0.2, 0) is 22.6 Å². The Morgan fingerprint density at radius 2 is 2.15 bits per heavy atom. The second-order valence-electron chi connectivity index (χ2n) is 8.22. The van der Waals surface area contributed by atoms with Crippen molar-refractivity contribution in [3.05, 3.63) is 34.4 Å². The highest BCUT2D eigenvalue weighted by Crippen LogP contribution is 2.26. The number of rotatable bonds is 3. The maximum Gasteiger partial charge on any atom is 0.410 e. The topological polar surface area (TPSA) is 88.1 Å². The monoisotopic (exact) mass is 376 g/mol. The number of hydrogen-bond donors (Lipinski definition) is 2. The van der Waals surface area contributed by atoms with Crippen molar-refractivity contribution in [2.24, 2.45) is 0 Å². The standard InChI is InChI=1S/C20H28N2O5/c1-12-13(5-6-14-15(12)11-26-18(14)24)9-21-16-7-8-22(10-17(16)23)19(25)27-20(2,3)4/h5-6,16-17,21,23H,7-11H2,1-4H3/t16-,17-/m1/s1. The van der Waals surface area contributed by atoms with Gasteiger partial charge < -0.3 is 24.8 Å². The number of nitrogens with one attached hydrogen (secondary N) is 1. The van der Waals surface area contributed by atoms with Gasteiger partial charge in [-0.15, -0.1) is 0 Å². The molecule has 148 valence electrons. The molecule has 7 heteroatoms. The normalized spacial score (nSPS) is 22.4. The number of hydrogen-bond acceptors (Lipinski definition) is 6. The fourth-order valence-electron chi connectivity index (χ4n) is 3.49. The summed E-state index contributed by atoms with van der Waals surface area (Å²) >= 11 is 0. The molecule has 2 atom stereocenters. The zero-order valence-corrected chi connectivity index (χ0v) is 16.4. The lowest BCUT2D eigenvalue weighted by molar-refractivity contribution is -0.00490. The van der Waals surface area contributed by atoms with Gasteiger partial charge in [-0.05, 0) is 51.3 Å². The number of amides is 1. The molecular formula is C20H28N2O5. The predicted molar refractivity (Wildman–Crippen MR) is 99.4 cm³/mol. The lowest BCUT2D eigenvalue weighted by atomic mass is 9.97. The van der Waals surface area contributed by atoms with Crippen LogP contribution in [0.2, 0.25) is 0 Å². The smallest absolute Gasteiger partial charge is 0.410 e. The SMILES string of the molecule is Cc1c(CN[C@@H]2CCN(C(=O)OC(C)(C)C)C[C@H]2O)ccc2c1COC2=O. The maximum absolute atomic E-state index is 12.2. The Kier molecular flexibility index (Phi) is 5.44. The van der Waals surface area contributed by atoms with Gasteiger partial charge in [-0.25, -0.2) is 9.59 Å². The minimum atomic E-state index is -0.661. The van der Waals surface area contributed by atoms with Gasteiger partial charge in [0.1, 0.15) is 12.2 Å². The number of piperidine rings is 1. The summed E-state index contributed by atoms with van der Waals surface area (Å²) < 4.78 is 10.5. The number of aliphatic hydroxyl groups is 1. The van der Waals surface area contributed by atoms with Crippen molar-refractivity contribution >= 4 is 12.1 Å². The third kappa shape index (κ3) is 4.42. The lowest BCUT2D eigenvalue weighted by Crippen LogP contribution is -2.54. The molecule has 7 nitrogen and oxygen atoms in total. The van der Waals surface area contributed by atoms with E-state index in [9.17, 15) is 14.7 Å². The van der Waals surface area contributed by atoms with Gasteiger partial charge in [-0.2, -0.15) is 0 Å². The zero-order chi connectivity index (χ0) is 19.8. The molecule has 1 aromatic rings. The van der Waals surface area contributed by atoms with E-state index in [0.29, 0.717) is 31.7 Å². The highest BCUT2D eigenvalue weighted by molar-refractivity contribution is 5.93. The van der Waals surface area contributed by atoms with Crippen LogP contribution in [0.5, 0.6) is 0 Å². The van der Waals surface area contributed by atoms with Crippen LogP contribution in [0.3, 0.4) is 0 Å². The molecule has 0 bridgehead atoms. The molecule has 0 aliphatic carbocycles. The van der Waals surface area contributed by atoms with E-state index < -0.39 is 11.7 Å². The summed E-state index contributed by atoms with van der Waals surface area (Å²) in [5.74, 6) is -0.266. The molecule has 1 amide bonds. The van der Waals surface area contributed by atoms with Gasteiger partial charge in [0.15, 0.2) is 0 Å². The summed E-state index contributed by atoms with van der Waals surface area (Å²) in [7, 11) is 0. The first kappa shape index (κ1) is 19.6. The van der Waals surface area contributed by atoms with Crippen molar-refractivity contribution in [3.8, 4) is 0 Å². The number of fused-ring (bicyclic) bond motifs is 1. The Balaban J connectivity index is 1.56. The molecule has 1 saturated heterocycles. The van der Waals surface area contributed by atoms with E-state index in [1.165, 1.54) is 0 Å². The van der Waals surface area contributed by atoms with Crippen LogP contribution >= 0.6 is 0 Å². The number of aliphatic hydroxyl groups excluding tert-OH is 1. The maximum atomic E-state index is 12.2. The second kappa shape index (κ2) is 7.48. The molecule has 2 aliphatic heterocycles. The summed E-state index contributed by atoms with van der Waals surface area (Å²) in [5.41, 5.74) is 3.16. The first-order valence-corrected chi connectivity index (χ1v) is 9.33. The largest absolute Gasteiger partial charge is 0.457 e. The van der Waals surface area contributed by atoms with Crippen LogP contribution in [-0.4, -0.2) is 52.9 Å². The van der Waals surface area contributed by atoms with E-state index in [1.54, 1.807) is 11.0 Å². The van der Waals surface area contributed by atoms with E-state index in [4.69, 9.17) is 9.47 Å². The highest BCUT2D eigenvalue weighted by Gasteiger charge is 2.32. The molecule has 0 aromatic heterocycles. The van der Waals surface area contributed by atoms with E-state index >= 15 is 0 Å². The van der Waals surface area contributed by atoms with Gasteiger partial charge in [-0.3, -0.25) is 0 Å². The van der Waals surface area contributed by atoms with Gasteiger partial charge in [-0.1, -0.05) is 6.07 Å². The first-order chi connectivity index (χ1) is 12.7. The second-order valence-corrected chi connectivity index (χ2v) is 8.22. The summed E-state index contributed by atoms with van der Waals surface area (Å²) in [6.07, 6.45) is -0.406. The molecule has 0 radical (unpaired) electrons. The van der Waals surface area contributed by atoms with Crippen molar-refractivity contribution in [1.82, 2.24) is 10.2 Å². The quantitative estimate of drug-likeness (QED) is 0.786. The van der Waals surface area contributed by atoms with E-state index in [0.717, 1.165) is 16.7 Å². The number of carbonyl (C=O) groups is 2. The Labute approximate surface area is 159 Å². The third-order valence-electron chi connectivity index (χ3n) is 5.07. The molecule has 2 N–H and O–H groups in total. The Morgan fingerprint density at radius 1 is 1.41 bits per heavy atom. The summed E-state index contributed by atoms with van der Waals surface area (Å²) in [5, 5.41) is 13.8. The Hall–Kier alpha value is -2.12. The molecule has 27 heavy (non-hydrogen) atoms. The van der Waals surface area contributed by atoms with Crippen molar-refractivity contribution in [3.63, 3.8) is 0 Å². The summed E-state index contributed by atoms with van der Waals surface area (Å²) in [4.78, 5) is 25.3. The average Bonchev–Trinajstić information content (AvgIpc) is 2.95. The lowest BCUT2D eigenvalue weighted by Gasteiger charge is -2.37. The van der Waals surface area contributed by atoms with Gasteiger partial charge in [0.25, 0.3) is 0 Å². The van der Waals surface area contributed by atoms with Crippen LogP contribution in [0.25, 0.3) is 0 Å². The van der Waals surface area contributed by atoms with Crippen molar-refractivity contribution < 1.29 is 24.2 Å². The molecule has 3 rings (SSSR count). The third-order valence-corrected chi connectivity index (χ3v) is 5.07. The molecular weight excluding hydrogens is 348 g/mol. The molecule has 0 unspecified atom stereocenters. The molecule has 0 saturated carbocycles. The van der Waals surface area contributed by atoms with Crippen molar-refractivity contribution in [2.75, 3.05) is 13.1 Å². The Morgan fingerprint density at radius 3 is 2.81 bits per heavy atom. The fourth-order valence-corrected chi connectivity index (χ4v) is 3.49. The van der Waals surface area contributed by atoms with Crippen LogP contribution in [0.1, 0.15) is 54.2 Å². The molecule has 0 spiro atoms.